The number of benzene rings is 4. The van der Waals surface area contributed by atoms with Crippen molar-refractivity contribution < 1.29 is 28.5 Å². The second kappa shape index (κ2) is 30.7. The molecule has 4 N–H and O–H groups in total. The summed E-state index contributed by atoms with van der Waals surface area (Å²) in [4.78, 5) is 43.0. The van der Waals surface area contributed by atoms with E-state index in [1.54, 1.807) is 4.90 Å². The third-order valence-electron chi connectivity index (χ3n) is 18.7. The number of rotatable bonds is 15. The van der Waals surface area contributed by atoms with Crippen LogP contribution in [0.15, 0.2) is 121 Å². The highest BCUT2D eigenvalue weighted by molar-refractivity contribution is 5.74. The molecule has 0 saturated carbocycles. The number of nitrogens with zero attached hydrogens (tertiary/aromatic N) is 12. The van der Waals surface area contributed by atoms with Crippen LogP contribution in [-0.2, 0) is 32.2 Å². The zero-order chi connectivity index (χ0) is 62.1. The van der Waals surface area contributed by atoms with Crippen molar-refractivity contribution >= 4 is 35.2 Å². The summed E-state index contributed by atoms with van der Waals surface area (Å²) in [7, 11) is 0. The van der Waals surface area contributed by atoms with E-state index in [9.17, 15) is 9.59 Å². The molecule has 20 heteroatoms. The maximum absolute atomic E-state index is 12.5. The summed E-state index contributed by atoms with van der Waals surface area (Å²) >= 11 is 0. The molecule has 6 aromatic rings. The zero-order valence-electron chi connectivity index (χ0n) is 52.7. The molecule has 8 heterocycles. The van der Waals surface area contributed by atoms with Gasteiger partial charge < -0.3 is 50.0 Å². The van der Waals surface area contributed by atoms with Crippen LogP contribution in [0, 0.1) is 25.7 Å². The first kappa shape index (κ1) is 63.7. The van der Waals surface area contributed by atoms with Crippen molar-refractivity contribution in [3.8, 4) is 34.4 Å². The van der Waals surface area contributed by atoms with Crippen LogP contribution < -0.4 is 21.3 Å². The number of amides is 2. The molecule has 6 aliphatic rings. The van der Waals surface area contributed by atoms with Crippen molar-refractivity contribution in [2.75, 3.05) is 165 Å². The Morgan fingerprint density at radius 3 is 1.34 bits per heavy atom. The van der Waals surface area contributed by atoms with Crippen LogP contribution in [0.25, 0.3) is 22.5 Å². The lowest BCUT2D eigenvalue weighted by Crippen LogP contribution is -2.57. The van der Waals surface area contributed by atoms with E-state index in [0.717, 1.165) is 202 Å². The molecule has 2 spiro atoms. The van der Waals surface area contributed by atoms with Crippen LogP contribution in [0.1, 0.15) is 60.8 Å². The van der Waals surface area contributed by atoms with Crippen molar-refractivity contribution in [2.45, 2.75) is 76.8 Å². The molecule has 0 unspecified atom stereocenters. The van der Waals surface area contributed by atoms with Crippen LogP contribution in [0.4, 0.5) is 32.6 Å². The van der Waals surface area contributed by atoms with Gasteiger partial charge in [-0.2, -0.15) is 0 Å². The number of unbranched alkanes of at least 4 members (excludes halogenated alkanes) is 1. The van der Waals surface area contributed by atoms with Gasteiger partial charge in [-0.1, -0.05) is 121 Å². The quantitative estimate of drug-likeness (QED) is 0.0737. The number of morpholine rings is 2. The molecule has 6 aliphatic heterocycles. The molecule has 0 radical (unpaired) electrons. The van der Waals surface area contributed by atoms with E-state index in [0.29, 0.717) is 44.5 Å². The lowest BCUT2D eigenvalue weighted by molar-refractivity contribution is -0.121. The number of hydrogen-bond acceptors (Lipinski definition) is 18. The standard InChI is InChI=1S/C35H47N7O3.C35H43N7O3/c2*1-28-9-5-6-12-30(28)31-25-32(33(36)38-37-31)41-17-13-35(14-18-41)27-40(23-24-45-35)16-8-7-15-39-19-21-42(22-20-39)34(43)44-26-29-10-3-2-4-11-29/h2-6,9-12,25H,7-8,13-24,26-27H2,1H3,(H2,36,38);2-6,9-12,25H,13-24,26-27H2,1H3,(H2,36,38). The molecule has 4 aromatic carbocycles. The smallest absolute Gasteiger partial charge is 0.410 e. The molecule has 476 valence electrons. The minimum absolute atomic E-state index is 0.0890. The van der Waals surface area contributed by atoms with Crippen molar-refractivity contribution in [2.24, 2.45) is 0 Å². The largest absolute Gasteiger partial charge is 0.445 e. The minimum atomic E-state index is -0.246. The second-order valence-electron chi connectivity index (χ2n) is 24.9. The van der Waals surface area contributed by atoms with Gasteiger partial charge in [0.05, 0.1) is 60.3 Å². The Balaban J connectivity index is 0.000000185. The van der Waals surface area contributed by atoms with Crippen LogP contribution >= 0.6 is 0 Å². The van der Waals surface area contributed by atoms with Gasteiger partial charge in [-0.3, -0.25) is 19.6 Å². The molecule has 90 heavy (non-hydrogen) atoms. The fraction of sp³-hybridized carbons (Fsp3) is 0.486. The van der Waals surface area contributed by atoms with Crippen LogP contribution in [0.2, 0.25) is 0 Å². The van der Waals surface area contributed by atoms with Gasteiger partial charge in [-0.25, -0.2) is 9.59 Å². The van der Waals surface area contributed by atoms with E-state index in [1.165, 1.54) is 17.5 Å². The fourth-order valence-electron chi connectivity index (χ4n) is 13.2. The molecule has 0 atom stereocenters. The number of ether oxygens (including phenoxy) is 4. The van der Waals surface area contributed by atoms with Crippen LogP contribution in [0.5, 0.6) is 0 Å². The number of hydrogen-bond donors (Lipinski definition) is 2. The van der Waals surface area contributed by atoms with Gasteiger partial charge in [0.15, 0.2) is 11.6 Å². The number of nitrogen functional groups attached to an aromatic ring is 2. The Hall–Kier alpha value is -7.90. The first-order chi connectivity index (χ1) is 44.0. The molecule has 0 bridgehead atoms. The molecule has 6 saturated heterocycles. The number of nitrogens with two attached hydrogens (primary N) is 2. The average Bonchev–Trinajstić information content (AvgIpc) is 0.953. The molecular formula is C70H90N14O6. The van der Waals surface area contributed by atoms with Gasteiger partial charge in [0, 0.05) is 116 Å². The maximum Gasteiger partial charge on any atom is 0.410 e. The molecule has 2 aromatic heterocycles. The summed E-state index contributed by atoms with van der Waals surface area (Å²) < 4.78 is 23.9. The highest BCUT2D eigenvalue weighted by Gasteiger charge is 2.42. The Morgan fingerprint density at radius 1 is 0.478 bits per heavy atom. The van der Waals surface area contributed by atoms with Gasteiger partial charge in [-0.15, -0.1) is 20.4 Å². The highest BCUT2D eigenvalue weighted by Crippen LogP contribution is 2.37. The third kappa shape index (κ3) is 16.9. The normalized spacial score (nSPS) is 19.0. The second-order valence-corrected chi connectivity index (χ2v) is 24.9. The maximum atomic E-state index is 12.5. The number of anilines is 4. The van der Waals surface area contributed by atoms with Crippen LogP contribution in [-0.4, -0.2) is 217 Å². The summed E-state index contributed by atoms with van der Waals surface area (Å²) in [5, 5.41) is 17.4. The summed E-state index contributed by atoms with van der Waals surface area (Å²) in [5.74, 6) is 7.71. The van der Waals surface area contributed by atoms with E-state index in [2.05, 4.69) is 112 Å². The summed E-state index contributed by atoms with van der Waals surface area (Å²) in [6.45, 7) is 23.4. The zero-order valence-corrected chi connectivity index (χ0v) is 52.7. The van der Waals surface area contributed by atoms with Gasteiger partial charge in [0.2, 0.25) is 0 Å². The predicted octanol–water partition coefficient (Wildman–Crippen LogP) is 8.10. The van der Waals surface area contributed by atoms with Gasteiger partial charge in [0.1, 0.15) is 13.2 Å². The first-order valence-corrected chi connectivity index (χ1v) is 32.4. The Labute approximate surface area is 531 Å². The number of carbonyl (C=O) groups is 2. The third-order valence-corrected chi connectivity index (χ3v) is 18.7. The molecule has 2 amide bonds. The fourth-order valence-corrected chi connectivity index (χ4v) is 13.2. The molecular weight excluding hydrogens is 1130 g/mol. The number of piperazine rings is 2. The lowest BCUT2D eigenvalue weighted by atomic mass is 9.89. The van der Waals surface area contributed by atoms with Crippen molar-refractivity contribution in [1.29, 1.82) is 0 Å². The van der Waals surface area contributed by atoms with Gasteiger partial charge in [-0.05, 0) is 99.8 Å². The Kier molecular flexibility index (Phi) is 21.7. The topological polar surface area (TPSA) is 201 Å². The van der Waals surface area contributed by atoms with Crippen molar-refractivity contribution in [3.05, 3.63) is 144 Å². The minimum Gasteiger partial charge on any atom is -0.445 e. The van der Waals surface area contributed by atoms with Gasteiger partial charge in [0.25, 0.3) is 0 Å². The van der Waals surface area contributed by atoms with E-state index < -0.39 is 0 Å². The summed E-state index contributed by atoms with van der Waals surface area (Å²) in [6, 6.07) is 40.3. The van der Waals surface area contributed by atoms with Gasteiger partial charge >= 0.3 is 12.2 Å². The predicted molar refractivity (Wildman–Crippen MR) is 353 cm³/mol. The number of piperidine rings is 2. The lowest BCUT2D eigenvalue weighted by Gasteiger charge is -2.48. The Morgan fingerprint density at radius 2 is 0.878 bits per heavy atom. The van der Waals surface area contributed by atoms with Crippen molar-refractivity contribution in [3.63, 3.8) is 0 Å². The number of aromatic nitrogens is 4. The molecule has 0 aliphatic carbocycles. The van der Waals surface area contributed by atoms with E-state index in [4.69, 9.17) is 30.4 Å². The Bertz CT molecular complexity index is 3350. The molecule has 6 fully saturated rings. The monoisotopic (exact) mass is 1220 g/mol. The van der Waals surface area contributed by atoms with E-state index in [-0.39, 0.29) is 23.4 Å². The van der Waals surface area contributed by atoms with Crippen molar-refractivity contribution in [1.82, 2.24) is 49.8 Å². The van der Waals surface area contributed by atoms with E-state index in [1.807, 2.05) is 89.8 Å². The molecule has 20 nitrogen and oxygen atoms in total. The number of carbonyl (C=O) groups excluding carboxylic acids is 2. The molecule has 12 rings (SSSR count). The summed E-state index contributed by atoms with van der Waals surface area (Å²) in [5.41, 5.74) is 22.5. The summed E-state index contributed by atoms with van der Waals surface area (Å²) in [6.07, 6.45) is 5.68. The number of aryl methyl sites for hydroxylation is 2. The van der Waals surface area contributed by atoms with E-state index >= 15 is 0 Å². The first-order valence-electron chi connectivity index (χ1n) is 32.4. The highest BCUT2D eigenvalue weighted by atomic mass is 16.6. The van der Waals surface area contributed by atoms with Crippen LogP contribution in [0.3, 0.4) is 0 Å². The average molecular weight is 1220 g/mol. The SMILES string of the molecule is Cc1ccccc1-c1cc(N2CCC3(CC2)CN(CC#CCN2CCN(C(=O)OCc4ccccc4)CC2)CCO3)c(N)nn1.Cc1ccccc1-c1cc(N2CCC3(CC2)CN(CCCCN2CCN(C(=O)OCc4ccccc4)CC2)CCO3)c(N)nn1.